The highest BCUT2D eigenvalue weighted by Crippen LogP contribution is 2.40. The van der Waals surface area contributed by atoms with Crippen molar-refractivity contribution in [3.05, 3.63) is 57.5 Å². The van der Waals surface area contributed by atoms with Crippen molar-refractivity contribution in [3.8, 4) is 0 Å². The van der Waals surface area contributed by atoms with E-state index in [9.17, 15) is 4.79 Å². The van der Waals surface area contributed by atoms with Gasteiger partial charge < -0.3 is 4.90 Å². The predicted molar refractivity (Wildman–Crippen MR) is 103 cm³/mol. The van der Waals surface area contributed by atoms with Gasteiger partial charge in [0.1, 0.15) is 0 Å². The molecule has 2 aliphatic heterocycles. The molecule has 0 radical (unpaired) electrons. The molecule has 5 rings (SSSR count). The molecule has 2 fully saturated rings. The monoisotopic (exact) mass is 350 g/mol. The SMILES string of the molecule is O=c1[nH]c(N2CCCC2)nc2c1CC[C@@H]1CN(Cc3ccccc3)C[C@H]21. The lowest BCUT2D eigenvalue weighted by Crippen LogP contribution is -2.31. The first-order valence-corrected chi connectivity index (χ1v) is 9.92. The van der Waals surface area contributed by atoms with E-state index in [4.69, 9.17) is 4.98 Å². The Hall–Kier alpha value is -2.14. The first kappa shape index (κ1) is 16.1. The Morgan fingerprint density at radius 1 is 1.12 bits per heavy atom. The van der Waals surface area contributed by atoms with Crippen LogP contribution in [0.3, 0.4) is 0 Å². The zero-order valence-corrected chi connectivity index (χ0v) is 15.2. The molecule has 0 unspecified atom stereocenters. The Labute approximate surface area is 154 Å². The summed E-state index contributed by atoms with van der Waals surface area (Å²) in [7, 11) is 0. The van der Waals surface area contributed by atoms with E-state index in [1.54, 1.807) is 0 Å². The van der Waals surface area contributed by atoms with Crippen LogP contribution in [0.1, 0.15) is 42.0 Å². The summed E-state index contributed by atoms with van der Waals surface area (Å²) < 4.78 is 0. The van der Waals surface area contributed by atoms with Crippen LogP contribution in [0.25, 0.3) is 0 Å². The first-order valence-electron chi connectivity index (χ1n) is 9.92. The second-order valence-corrected chi connectivity index (χ2v) is 8.03. The fourth-order valence-electron chi connectivity index (χ4n) is 4.99. The van der Waals surface area contributed by atoms with Crippen molar-refractivity contribution in [1.29, 1.82) is 0 Å². The van der Waals surface area contributed by atoms with Crippen LogP contribution < -0.4 is 10.5 Å². The van der Waals surface area contributed by atoms with Crippen LogP contribution in [-0.4, -0.2) is 41.0 Å². The van der Waals surface area contributed by atoms with E-state index in [-0.39, 0.29) is 5.56 Å². The second kappa shape index (κ2) is 6.54. The van der Waals surface area contributed by atoms with Crippen molar-refractivity contribution >= 4 is 5.95 Å². The maximum atomic E-state index is 12.7. The Morgan fingerprint density at radius 2 is 1.92 bits per heavy atom. The van der Waals surface area contributed by atoms with Crippen LogP contribution in [-0.2, 0) is 13.0 Å². The highest BCUT2D eigenvalue weighted by Gasteiger charge is 2.39. The van der Waals surface area contributed by atoms with E-state index < -0.39 is 0 Å². The van der Waals surface area contributed by atoms with E-state index >= 15 is 0 Å². The summed E-state index contributed by atoms with van der Waals surface area (Å²) in [5, 5.41) is 0. The number of anilines is 1. The van der Waals surface area contributed by atoms with Crippen LogP contribution >= 0.6 is 0 Å². The topological polar surface area (TPSA) is 52.2 Å². The van der Waals surface area contributed by atoms with Gasteiger partial charge in [0.25, 0.3) is 5.56 Å². The standard InChI is InChI=1S/C21H26N4O/c26-20-17-9-8-16-13-24(12-15-6-2-1-3-7-15)14-18(16)19(17)22-21(23-20)25-10-4-5-11-25/h1-3,6-7,16,18H,4-5,8-14H2,(H,22,23,26)/t16-,18+/m1/s1. The number of fused-ring (bicyclic) bond motifs is 3. The molecule has 0 saturated carbocycles. The Balaban J connectivity index is 1.42. The van der Waals surface area contributed by atoms with Crippen LogP contribution in [0.5, 0.6) is 0 Å². The molecule has 3 heterocycles. The average Bonchev–Trinajstić information content (AvgIpc) is 3.32. The quantitative estimate of drug-likeness (QED) is 0.924. The minimum absolute atomic E-state index is 0.0943. The van der Waals surface area contributed by atoms with Crippen molar-refractivity contribution in [2.75, 3.05) is 31.1 Å². The number of nitrogens with one attached hydrogen (secondary N) is 1. The van der Waals surface area contributed by atoms with E-state index in [0.29, 0.717) is 11.8 Å². The number of aromatic nitrogens is 2. The number of benzene rings is 1. The molecule has 1 aliphatic carbocycles. The van der Waals surface area contributed by atoms with Gasteiger partial charge in [0.2, 0.25) is 5.95 Å². The summed E-state index contributed by atoms with van der Waals surface area (Å²) in [6.07, 6.45) is 4.37. The third kappa shape index (κ3) is 2.84. The minimum atomic E-state index is 0.0943. The van der Waals surface area contributed by atoms with Crippen LogP contribution in [0.2, 0.25) is 0 Å². The van der Waals surface area contributed by atoms with Gasteiger partial charge >= 0.3 is 0 Å². The van der Waals surface area contributed by atoms with Gasteiger partial charge in [0, 0.05) is 44.2 Å². The zero-order valence-electron chi connectivity index (χ0n) is 15.2. The molecular weight excluding hydrogens is 324 g/mol. The molecule has 2 saturated heterocycles. The summed E-state index contributed by atoms with van der Waals surface area (Å²) in [4.78, 5) is 25.5. The molecule has 1 N–H and O–H groups in total. The summed E-state index contributed by atoms with van der Waals surface area (Å²) in [6, 6.07) is 10.7. The molecule has 5 nitrogen and oxygen atoms in total. The summed E-state index contributed by atoms with van der Waals surface area (Å²) in [5.41, 5.74) is 3.48. The van der Waals surface area contributed by atoms with Crippen molar-refractivity contribution in [2.24, 2.45) is 5.92 Å². The lowest BCUT2D eigenvalue weighted by atomic mass is 9.80. The van der Waals surface area contributed by atoms with Gasteiger partial charge in [-0.05, 0) is 37.2 Å². The van der Waals surface area contributed by atoms with Gasteiger partial charge in [-0.1, -0.05) is 30.3 Å². The van der Waals surface area contributed by atoms with E-state index in [1.807, 2.05) is 0 Å². The van der Waals surface area contributed by atoms with Crippen molar-refractivity contribution in [3.63, 3.8) is 0 Å². The van der Waals surface area contributed by atoms with Gasteiger partial charge in [-0.25, -0.2) is 4.98 Å². The lowest BCUT2D eigenvalue weighted by Gasteiger charge is -2.27. The Morgan fingerprint density at radius 3 is 2.73 bits per heavy atom. The molecule has 0 amide bonds. The molecule has 2 atom stereocenters. The number of rotatable bonds is 3. The van der Waals surface area contributed by atoms with E-state index in [2.05, 4.69) is 45.1 Å². The van der Waals surface area contributed by atoms with Crippen molar-refractivity contribution in [2.45, 2.75) is 38.1 Å². The number of likely N-dealkylation sites (tertiary alicyclic amines) is 1. The van der Waals surface area contributed by atoms with Crippen LogP contribution in [0.15, 0.2) is 35.1 Å². The van der Waals surface area contributed by atoms with Crippen LogP contribution in [0, 0.1) is 5.92 Å². The number of aromatic amines is 1. The molecule has 2 aromatic rings. The van der Waals surface area contributed by atoms with Crippen molar-refractivity contribution < 1.29 is 0 Å². The van der Waals surface area contributed by atoms with Crippen LogP contribution in [0.4, 0.5) is 5.95 Å². The van der Waals surface area contributed by atoms with E-state index in [1.165, 1.54) is 18.4 Å². The summed E-state index contributed by atoms with van der Waals surface area (Å²) in [5.74, 6) is 1.84. The molecule has 1 aromatic carbocycles. The molecule has 5 heteroatoms. The first-order chi connectivity index (χ1) is 12.8. The van der Waals surface area contributed by atoms with Gasteiger partial charge in [-0.3, -0.25) is 14.7 Å². The molecule has 0 bridgehead atoms. The molecule has 3 aliphatic rings. The summed E-state index contributed by atoms with van der Waals surface area (Å²) >= 11 is 0. The minimum Gasteiger partial charge on any atom is -0.342 e. The van der Waals surface area contributed by atoms with Gasteiger partial charge in [-0.2, -0.15) is 0 Å². The normalized spacial score (nSPS) is 25.3. The largest absolute Gasteiger partial charge is 0.342 e. The molecule has 1 aromatic heterocycles. The Bertz CT molecular complexity index is 841. The number of H-pyrrole nitrogens is 1. The van der Waals surface area contributed by atoms with Gasteiger partial charge in [-0.15, -0.1) is 0 Å². The second-order valence-electron chi connectivity index (χ2n) is 8.03. The smallest absolute Gasteiger partial charge is 0.255 e. The van der Waals surface area contributed by atoms with E-state index in [0.717, 1.165) is 62.8 Å². The molecule has 0 spiro atoms. The third-order valence-electron chi connectivity index (χ3n) is 6.32. The fourth-order valence-corrected chi connectivity index (χ4v) is 4.99. The number of hydrogen-bond acceptors (Lipinski definition) is 4. The van der Waals surface area contributed by atoms with Gasteiger partial charge in [0.05, 0.1) is 5.69 Å². The lowest BCUT2D eigenvalue weighted by molar-refractivity contribution is 0.313. The predicted octanol–water partition coefficient (Wildman–Crippen LogP) is 2.53. The van der Waals surface area contributed by atoms with Crippen molar-refractivity contribution in [1.82, 2.24) is 14.9 Å². The number of nitrogens with zero attached hydrogens (tertiary/aromatic N) is 3. The summed E-state index contributed by atoms with van der Waals surface area (Å²) in [6.45, 7) is 5.15. The number of hydrogen-bond donors (Lipinski definition) is 1. The maximum absolute atomic E-state index is 12.7. The fraction of sp³-hybridized carbons (Fsp3) is 0.524. The highest BCUT2D eigenvalue weighted by atomic mass is 16.1. The molecule has 26 heavy (non-hydrogen) atoms. The Kier molecular flexibility index (Phi) is 4.04. The maximum Gasteiger partial charge on any atom is 0.255 e. The average molecular weight is 350 g/mol. The van der Waals surface area contributed by atoms with Gasteiger partial charge in [0.15, 0.2) is 0 Å². The molecule has 136 valence electrons. The zero-order chi connectivity index (χ0) is 17.5. The highest BCUT2D eigenvalue weighted by molar-refractivity contribution is 5.37. The third-order valence-corrected chi connectivity index (χ3v) is 6.32. The molecular formula is C21H26N4O.